The van der Waals surface area contributed by atoms with Gasteiger partial charge in [-0.3, -0.25) is 9.59 Å². The zero-order chi connectivity index (χ0) is 24.7. The summed E-state index contributed by atoms with van der Waals surface area (Å²) in [5.41, 5.74) is 2.22. The number of hydrogen-bond acceptors (Lipinski definition) is 6. The van der Waals surface area contributed by atoms with E-state index >= 15 is 0 Å². The smallest absolute Gasteiger partial charge is 0.306 e. The van der Waals surface area contributed by atoms with Gasteiger partial charge in [-0.25, -0.2) is 0 Å². The Labute approximate surface area is 211 Å². The molecule has 4 atom stereocenters. The van der Waals surface area contributed by atoms with Gasteiger partial charge in [0.25, 0.3) is 0 Å². The first-order valence-corrected chi connectivity index (χ1v) is 15.8. The van der Waals surface area contributed by atoms with Crippen molar-refractivity contribution in [3.8, 4) is 0 Å². The van der Waals surface area contributed by atoms with Crippen LogP contribution in [-0.4, -0.2) is 55.3 Å². The van der Waals surface area contributed by atoms with Crippen LogP contribution < -0.4 is 0 Å². The molecule has 1 saturated heterocycles. The Bertz CT molecular complexity index is 704. The molecule has 1 fully saturated rings. The van der Waals surface area contributed by atoms with E-state index in [-0.39, 0.29) is 17.7 Å². The van der Waals surface area contributed by atoms with E-state index in [1.54, 1.807) is 7.11 Å². The molecule has 0 aliphatic carbocycles. The van der Waals surface area contributed by atoms with E-state index in [1.165, 1.54) is 49.4 Å². The molecular formula is C27H43O5PS. The topological polar surface area (TPSA) is 61.8 Å². The Hall–Kier alpha value is -0.940. The first kappa shape index (κ1) is 29.3. The van der Waals surface area contributed by atoms with Gasteiger partial charge in [-0.2, -0.15) is 0 Å². The molecule has 192 valence electrons. The van der Waals surface area contributed by atoms with Gasteiger partial charge in [0.2, 0.25) is 0 Å². The maximum Gasteiger partial charge on any atom is 0.306 e. The Kier molecular flexibility index (Phi) is 14.4. The van der Waals surface area contributed by atoms with Gasteiger partial charge < -0.3 is 14.2 Å². The van der Waals surface area contributed by atoms with E-state index in [4.69, 9.17) is 14.2 Å². The lowest BCUT2D eigenvalue weighted by molar-refractivity contribution is -0.259. The summed E-state index contributed by atoms with van der Waals surface area (Å²) in [6, 6.07) is 10.4. The summed E-state index contributed by atoms with van der Waals surface area (Å²) in [5, 5.41) is 0. The molecule has 0 spiro atoms. The van der Waals surface area contributed by atoms with Crippen LogP contribution in [0.3, 0.4) is 0 Å². The highest BCUT2D eigenvalue weighted by atomic mass is 32.2. The van der Waals surface area contributed by atoms with Crippen LogP contribution in [0.2, 0.25) is 0 Å². The van der Waals surface area contributed by atoms with Gasteiger partial charge in [0.15, 0.2) is 11.4 Å². The highest BCUT2D eigenvalue weighted by molar-refractivity contribution is 8.12. The number of thioether (sulfide) groups is 1. The number of carbonyl (C=O) groups excluding carboxylic acids is 2. The molecule has 1 aromatic rings. The van der Waals surface area contributed by atoms with Crippen molar-refractivity contribution in [2.45, 2.75) is 94.8 Å². The first-order valence-electron chi connectivity index (χ1n) is 12.7. The number of rotatable bonds is 17. The van der Waals surface area contributed by atoms with Crippen LogP contribution >= 0.6 is 19.7 Å². The van der Waals surface area contributed by atoms with Crippen molar-refractivity contribution in [3.05, 3.63) is 35.9 Å². The standard InChI is InChI=1S/C27H43O5PS/c1-4-5-6-7-8-9-13-16-26(29)32-24-17-18-31-27(19-24,30-2)25(21-34-22-28)33(3)20-23-14-11-10-12-15-23/h10-12,14-15,22,24-25H,4-9,13,16-21H2,1-3H3. The second-order valence-electron chi connectivity index (χ2n) is 9.19. The molecule has 5 nitrogen and oxygen atoms in total. The molecule has 0 saturated carbocycles. The average Bonchev–Trinajstić information content (AvgIpc) is 2.84. The fraction of sp³-hybridized carbons (Fsp3) is 0.704. The molecule has 1 heterocycles. The molecule has 0 aromatic heterocycles. The molecule has 1 aliphatic rings. The fourth-order valence-electron chi connectivity index (χ4n) is 4.63. The third kappa shape index (κ3) is 9.97. The van der Waals surface area contributed by atoms with Crippen LogP contribution in [0.4, 0.5) is 0 Å². The maximum atomic E-state index is 12.5. The number of esters is 1. The summed E-state index contributed by atoms with van der Waals surface area (Å²) in [6.45, 7) is 4.96. The summed E-state index contributed by atoms with van der Waals surface area (Å²) < 4.78 is 18.2. The van der Waals surface area contributed by atoms with Crippen LogP contribution in [0.25, 0.3) is 0 Å². The number of unbranched alkanes of at least 4 members (excludes halogenated alkanes) is 6. The summed E-state index contributed by atoms with van der Waals surface area (Å²) >= 11 is 1.27. The van der Waals surface area contributed by atoms with Crippen molar-refractivity contribution in [3.63, 3.8) is 0 Å². The molecule has 2 rings (SSSR count). The largest absolute Gasteiger partial charge is 0.462 e. The average molecular weight is 511 g/mol. The van der Waals surface area contributed by atoms with E-state index in [0.29, 0.717) is 31.6 Å². The quantitative estimate of drug-likeness (QED) is 0.0994. The van der Waals surface area contributed by atoms with E-state index in [9.17, 15) is 9.59 Å². The molecule has 0 radical (unpaired) electrons. The summed E-state index contributed by atoms with van der Waals surface area (Å²) in [6.07, 6.45) is 10.6. The minimum atomic E-state index is -0.840. The second-order valence-corrected chi connectivity index (χ2v) is 12.5. The highest BCUT2D eigenvalue weighted by Gasteiger charge is 2.47. The molecule has 7 heteroatoms. The summed E-state index contributed by atoms with van der Waals surface area (Å²) in [4.78, 5) is 23.7. The van der Waals surface area contributed by atoms with E-state index < -0.39 is 13.7 Å². The van der Waals surface area contributed by atoms with Crippen molar-refractivity contribution in [1.29, 1.82) is 0 Å². The molecule has 1 aliphatic heterocycles. The number of ether oxygens (including phenoxy) is 3. The van der Waals surface area contributed by atoms with Crippen molar-refractivity contribution in [1.82, 2.24) is 0 Å². The number of methoxy groups -OCH3 is 1. The minimum Gasteiger partial charge on any atom is -0.462 e. The number of hydrogen-bond donors (Lipinski definition) is 0. The third-order valence-corrected chi connectivity index (χ3v) is 9.98. The van der Waals surface area contributed by atoms with Crippen molar-refractivity contribution in [2.75, 3.05) is 26.1 Å². The minimum absolute atomic E-state index is 0.0486. The molecule has 0 N–H and O–H groups in total. The maximum absolute atomic E-state index is 12.5. The van der Waals surface area contributed by atoms with Crippen LogP contribution in [-0.2, 0) is 30.0 Å². The predicted octanol–water partition coefficient (Wildman–Crippen LogP) is 6.80. The van der Waals surface area contributed by atoms with E-state index in [0.717, 1.165) is 24.6 Å². The Morgan fingerprint density at radius 2 is 1.91 bits per heavy atom. The SMILES string of the molecule is CCCCCCCCCC(=O)OC1CCOC(OC)(C(CSC=O)P(C)Cc2ccccc2)C1. The van der Waals surface area contributed by atoms with Gasteiger partial charge in [0.05, 0.1) is 6.61 Å². The molecule has 0 bridgehead atoms. The lowest BCUT2D eigenvalue weighted by Crippen LogP contribution is -2.53. The number of carbonyl (C=O) groups is 2. The second kappa shape index (κ2) is 16.7. The Balaban J connectivity index is 1.93. The third-order valence-electron chi connectivity index (χ3n) is 6.56. The van der Waals surface area contributed by atoms with Crippen LogP contribution in [0, 0.1) is 0 Å². The Morgan fingerprint density at radius 3 is 2.59 bits per heavy atom. The lowest BCUT2D eigenvalue weighted by atomic mass is 9.99. The molecule has 0 amide bonds. The van der Waals surface area contributed by atoms with Crippen LogP contribution in [0.15, 0.2) is 30.3 Å². The van der Waals surface area contributed by atoms with Gasteiger partial charge in [0.1, 0.15) is 6.10 Å². The fourth-order valence-corrected chi connectivity index (χ4v) is 8.38. The van der Waals surface area contributed by atoms with Gasteiger partial charge in [0, 0.05) is 37.8 Å². The predicted molar refractivity (Wildman–Crippen MR) is 143 cm³/mol. The van der Waals surface area contributed by atoms with Gasteiger partial charge >= 0.3 is 5.97 Å². The summed E-state index contributed by atoms with van der Waals surface area (Å²) in [5.74, 6) is -0.328. The van der Waals surface area contributed by atoms with Crippen molar-refractivity contribution < 1.29 is 23.8 Å². The molecule has 4 unspecified atom stereocenters. The monoisotopic (exact) mass is 510 g/mol. The highest BCUT2D eigenvalue weighted by Crippen LogP contribution is 2.51. The lowest BCUT2D eigenvalue weighted by Gasteiger charge is -2.46. The molecular weight excluding hydrogens is 467 g/mol. The van der Waals surface area contributed by atoms with E-state index in [1.807, 2.05) is 6.07 Å². The zero-order valence-electron chi connectivity index (χ0n) is 21.2. The van der Waals surface area contributed by atoms with Gasteiger partial charge in [-0.15, -0.1) is 0 Å². The van der Waals surface area contributed by atoms with Crippen LogP contribution in [0.1, 0.15) is 76.7 Å². The zero-order valence-corrected chi connectivity index (χ0v) is 22.9. The Morgan fingerprint density at radius 1 is 1.21 bits per heavy atom. The van der Waals surface area contributed by atoms with Crippen LogP contribution in [0.5, 0.6) is 0 Å². The van der Waals surface area contributed by atoms with Gasteiger partial charge in [-0.1, -0.05) is 95.5 Å². The number of benzene rings is 1. The normalized spacial score (nSPS) is 22.1. The van der Waals surface area contributed by atoms with Crippen molar-refractivity contribution in [2.24, 2.45) is 0 Å². The van der Waals surface area contributed by atoms with Gasteiger partial charge in [-0.05, 0) is 24.8 Å². The first-order chi connectivity index (χ1) is 16.5. The van der Waals surface area contributed by atoms with Crippen molar-refractivity contribution >= 4 is 31.3 Å². The molecule has 1 aromatic carbocycles. The summed E-state index contributed by atoms with van der Waals surface area (Å²) in [7, 11) is 1.14. The molecule has 34 heavy (non-hydrogen) atoms. The van der Waals surface area contributed by atoms with E-state index in [2.05, 4.69) is 37.9 Å².